The lowest BCUT2D eigenvalue weighted by atomic mass is 10.2. The Balaban J connectivity index is 2.24. The first kappa shape index (κ1) is 15.5. The summed E-state index contributed by atoms with van der Waals surface area (Å²) in [5.41, 5.74) is 2.03. The number of fused-ring (bicyclic) bond motifs is 1. The molecule has 1 aromatic carbocycles. The number of hydrogen-bond donors (Lipinski definition) is 1. The molecule has 1 aromatic heterocycles. The van der Waals surface area contributed by atoms with Gasteiger partial charge in [-0.3, -0.25) is 0 Å². The van der Waals surface area contributed by atoms with Crippen LogP contribution in [0.15, 0.2) is 18.2 Å². The minimum absolute atomic E-state index is 0.281. The summed E-state index contributed by atoms with van der Waals surface area (Å²) in [4.78, 5) is 17.8. The first-order valence-corrected chi connectivity index (χ1v) is 7.34. The van der Waals surface area contributed by atoms with E-state index in [1.165, 1.54) is 0 Å². The predicted octanol–water partition coefficient (Wildman–Crippen LogP) is 2.77. The molecule has 21 heavy (non-hydrogen) atoms. The first-order valence-electron chi connectivity index (χ1n) is 7.34. The van der Waals surface area contributed by atoms with Crippen molar-refractivity contribution in [1.29, 1.82) is 0 Å². The van der Waals surface area contributed by atoms with Gasteiger partial charge in [-0.2, -0.15) is 0 Å². The van der Waals surface area contributed by atoms with Crippen LogP contribution >= 0.6 is 0 Å². The molecular formula is C16H23N3O2. The molecular weight excluding hydrogens is 266 g/mol. The van der Waals surface area contributed by atoms with E-state index in [2.05, 4.69) is 35.3 Å². The second-order valence-electron chi connectivity index (χ2n) is 5.56. The van der Waals surface area contributed by atoms with Gasteiger partial charge in [0, 0.05) is 19.1 Å². The van der Waals surface area contributed by atoms with Crippen molar-refractivity contribution in [3.8, 4) is 0 Å². The molecule has 0 radical (unpaired) electrons. The van der Waals surface area contributed by atoms with Crippen LogP contribution in [-0.4, -0.2) is 45.2 Å². The Kier molecular flexibility index (Phi) is 4.63. The van der Waals surface area contributed by atoms with Crippen LogP contribution in [0.3, 0.4) is 0 Å². The van der Waals surface area contributed by atoms with Crippen molar-refractivity contribution in [3.63, 3.8) is 0 Å². The minimum Gasteiger partial charge on any atom is -0.478 e. The van der Waals surface area contributed by atoms with Crippen LogP contribution in [0.1, 0.15) is 36.5 Å². The number of likely N-dealkylation sites (N-methyl/N-ethyl adjacent to an activating group) is 1. The Bertz CT molecular complexity index is 648. The second kappa shape index (κ2) is 6.26. The molecule has 5 heteroatoms. The molecule has 0 bridgehead atoms. The molecule has 0 aliphatic heterocycles. The number of imidazole rings is 1. The van der Waals surface area contributed by atoms with Gasteiger partial charge in [0.15, 0.2) is 0 Å². The van der Waals surface area contributed by atoms with E-state index in [4.69, 9.17) is 5.11 Å². The molecule has 2 aromatic rings. The highest BCUT2D eigenvalue weighted by Gasteiger charge is 2.12. The lowest BCUT2D eigenvalue weighted by molar-refractivity contribution is 0.0697. The number of carboxylic acids is 1. The average Bonchev–Trinajstić information content (AvgIpc) is 2.78. The maximum atomic E-state index is 11.0. The van der Waals surface area contributed by atoms with Gasteiger partial charge in [0.1, 0.15) is 5.82 Å². The average molecular weight is 289 g/mol. The molecule has 0 aliphatic rings. The number of nitrogens with zero attached hydrogens (tertiary/aromatic N) is 3. The van der Waals surface area contributed by atoms with Crippen LogP contribution in [0.2, 0.25) is 0 Å². The third-order valence-electron chi connectivity index (χ3n) is 4.21. The molecule has 0 spiro atoms. The van der Waals surface area contributed by atoms with E-state index in [1.54, 1.807) is 12.1 Å². The van der Waals surface area contributed by atoms with Crippen molar-refractivity contribution in [2.45, 2.75) is 39.8 Å². The molecule has 1 heterocycles. The molecule has 0 amide bonds. The molecule has 0 aliphatic carbocycles. The van der Waals surface area contributed by atoms with Gasteiger partial charge >= 0.3 is 5.97 Å². The summed E-state index contributed by atoms with van der Waals surface area (Å²) in [6, 6.07) is 5.68. The minimum atomic E-state index is -0.916. The van der Waals surface area contributed by atoms with Crippen molar-refractivity contribution in [1.82, 2.24) is 14.5 Å². The zero-order chi connectivity index (χ0) is 15.6. The predicted molar refractivity (Wildman–Crippen MR) is 83.8 cm³/mol. The first-order chi connectivity index (χ1) is 9.93. The number of aromatic carboxylic acids is 1. The van der Waals surface area contributed by atoms with Crippen LogP contribution in [0.5, 0.6) is 0 Å². The highest BCUT2D eigenvalue weighted by atomic mass is 16.4. The number of benzene rings is 1. The van der Waals surface area contributed by atoms with Gasteiger partial charge < -0.3 is 14.6 Å². The third-order valence-corrected chi connectivity index (χ3v) is 4.21. The zero-order valence-corrected chi connectivity index (χ0v) is 13.1. The largest absolute Gasteiger partial charge is 0.478 e. The van der Waals surface area contributed by atoms with E-state index in [1.807, 2.05) is 13.0 Å². The normalized spacial score (nSPS) is 13.0. The molecule has 2 rings (SSSR count). The summed E-state index contributed by atoms with van der Waals surface area (Å²) in [7, 11) is 2.13. The van der Waals surface area contributed by atoms with E-state index >= 15 is 0 Å². The number of aromatic nitrogens is 2. The SMILES string of the molecule is CCC(C)N(C)CCn1c(C)nc2cc(C(=O)O)ccc21. The van der Waals surface area contributed by atoms with Crippen molar-refractivity contribution in [2.24, 2.45) is 0 Å². The third kappa shape index (κ3) is 3.24. The molecule has 1 unspecified atom stereocenters. The summed E-state index contributed by atoms with van der Waals surface area (Å²) in [6.45, 7) is 8.17. The van der Waals surface area contributed by atoms with Crippen LogP contribution < -0.4 is 0 Å². The molecule has 0 saturated carbocycles. The highest BCUT2D eigenvalue weighted by Crippen LogP contribution is 2.18. The maximum Gasteiger partial charge on any atom is 0.335 e. The van der Waals surface area contributed by atoms with E-state index in [0.29, 0.717) is 6.04 Å². The molecule has 1 atom stereocenters. The number of hydrogen-bond acceptors (Lipinski definition) is 3. The fourth-order valence-corrected chi connectivity index (χ4v) is 2.46. The van der Waals surface area contributed by atoms with Crippen LogP contribution in [0, 0.1) is 6.92 Å². The van der Waals surface area contributed by atoms with Gasteiger partial charge in [-0.05, 0) is 45.5 Å². The Morgan fingerprint density at radius 3 is 2.81 bits per heavy atom. The van der Waals surface area contributed by atoms with Gasteiger partial charge in [-0.1, -0.05) is 6.92 Å². The van der Waals surface area contributed by atoms with Crippen molar-refractivity contribution in [3.05, 3.63) is 29.6 Å². The van der Waals surface area contributed by atoms with Gasteiger partial charge in [0.25, 0.3) is 0 Å². The molecule has 5 nitrogen and oxygen atoms in total. The molecule has 0 saturated heterocycles. The summed E-state index contributed by atoms with van der Waals surface area (Å²) in [6.07, 6.45) is 1.13. The Labute approximate surface area is 125 Å². The molecule has 114 valence electrons. The summed E-state index contributed by atoms with van der Waals surface area (Å²) in [5.74, 6) is 0.00528. The van der Waals surface area contributed by atoms with E-state index in [-0.39, 0.29) is 5.56 Å². The summed E-state index contributed by atoms with van der Waals surface area (Å²) >= 11 is 0. The Hall–Kier alpha value is -1.88. The monoisotopic (exact) mass is 289 g/mol. The fraction of sp³-hybridized carbons (Fsp3) is 0.500. The van der Waals surface area contributed by atoms with Crippen molar-refractivity contribution >= 4 is 17.0 Å². The van der Waals surface area contributed by atoms with E-state index in [9.17, 15) is 4.79 Å². The fourth-order valence-electron chi connectivity index (χ4n) is 2.46. The number of aryl methyl sites for hydroxylation is 1. The van der Waals surface area contributed by atoms with Gasteiger partial charge in [-0.25, -0.2) is 9.78 Å². The van der Waals surface area contributed by atoms with Gasteiger partial charge in [0.05, 0.1) is 16.6 Å². The van der Waals surface area contributed by atoms with Crippen LogP contribution in [-0.2, 0) is 6.54 Å². The standard InChI is InChI=1S/C16H23N3O2/c1-5-11(2)18(4)8-9-19-12(3)17-14-10-13(16(20)21)6-7-15(14)19/h6-7,10-11H,5,8-9H2,1-4H3,(H,20,21). The van der Waals surface area contributed by atoms with Crippen LogP contribution in [0.25, 0.3) is 11.0 Å². The van der Waals surface area contributed by atoms with Gasteiger partial charge in [-0.15, -0.1) is 0 Å². The van der Waals surface area contributed by atoms with E-state index in [0.717, 1.165) is 36.4 Å². The van der Waals surface area contributed by atoms with Crippen molar-refractivity contribution < 1.29 is 9.90 Å². The van der Waals surface area contributed by atoms with Gasteiger partial charge in [0.2, 0.25) is 0 Å². The zero-order valence-electron chi connectivity index (χ0n) is 13.1. The quantitative estimate of drug-likeness (QED) is 0.888. The smallest absolute Gasteiger partial charge is 0.335 e. The topological polar surface area (TPSA) is 58.4 Å². The number of rotatable bonds is 6. The molecule has 1 N–H and O–H groups in total. The second-order valence-corrected chi connectivity index (χ2v) is 5.56. The highest BCUT2D eigenvalue weighted by molar-refractivity contribution is 5.92. The Morgan fingerprint density at radius 1 is 1.48 bits per heavy atom. The lowest BCUT2D eigenvalue weighted by Crippen LogP contribution is -2.31. The maximum absolute atomic E-state index is 11.0. The van der Waals surface area contributed by atoms with Crippen LogP contribution in [0.4, 0.5) is 0 Å². The number of carboxylic acid groups (broad SMARTS) is 1. The summed E-state index contributed by atoms with van der Waals surface area (Å²) in [5, 5.41) is 9.04. The lowest BCUT2D eigenvalue weighted by Gasteiger charge is -2.23. The van der Waals surface area contributed by atoms with Crippen molar-refractivity contribution in [2.75, 3.05) is 13.6 Å². The molecule has 0 fully saturated rings. The summed E-state index contributed by atoms with van der Waals surface area (Å²) < 4.78 is 2.15. The Morgan fingerprint density at radius 2 is 2.19 bits per heavy atom. The number of carbonyl (C=O) groups is 1. The van der Waals surface area contributed by atoms with E-state index < -0.39 is 5.97 Å².